The second-order valence-electron chi connectivity index (χ2n) is 6.64. The lowest BCUT2D eigenvalue weighted by Gasteiger charge is -2.26. The number of fused-ring (bicyclic) bond motifs is 1. The number of nitrogens with one attached hydrogen (secondary N) is 3. The van der Waals surface area contributed by atoms with Gasteiger partial charge in [0.1, 0.15) is 12.2 Å². The van der Waals surface area contributed by atoms with E-state index >= 15 is 0 Å². The average Bonchev–Trinajstić information content (AvgIpc) is 2.65. The summed E-state index contributed by atoms with van der Waals surface area (Å²) in [5.41, 5.74) is 2.17. The number of hydrogen-bond donors (Lipinski definition) is 3. The van der Waals surface area contributed by atoms with Gasteiger partial charge in [-0.1, -0.05) is 24.3 Å². The molecule has 1 atom stereocenters. The molecule has 0 fully saturated rings. The minimum Gasteiger partial charge on any atom is -0.348 e. The van der Waals surface area contributed by atoms with Crippen molar-refractivity contribution in [2.75, 3.05) is 18.9 Å². The first-order valence-corrected chi connectivity index (χ1v) is 9.09. The molecule has 1 aromatic heterocycles. The van der Waals surface area contributed by atoms with Crippen LogP contribution in [-0.2, 0) is 22.6 Å². The van der Waals surface area contributed by atoms with Crippen LogP contribution < -0.4 is 21.5 Å². The van der Waals surface area contributed by atoms with Crippen LogP contribution in [0, 0.1) is 0 Å². The summed E-state index contributed by atoms with van der Waals surface area (Å²) in [4.78, 5) is 36.7. The Bertz CT molecular complexity index is 891. The first-order valence-electron chi connectivity index (χ1n) is 9.09. The number of aryl methyl sites for hydroxylation is 1. The van der Waals surface area contributed by atoms with E-state index in [0.717, 1.165) is 24.8 Å². The number of carbonyl (C=O) groups is 2. The van der Waals surface area contributed by atoms with E-state index in [-0.39, 0.29) is 36.6 Å². The van der Waals surface area contributed by atoms with E-state index in [9.17, 15) is 14.4 Å². The number of likely N-dealkylation sites (N-methyl/N-ethyl adjacent to an activating group) is 1. The van der Waals surface area contributed by atoms with Crippen LogP contribution in [0.25, 0.3) is 0 Å². The van der Waals surface area contributed by atoms with Crippen LogP contribution in [0.15, 0.2) is 47.4 Å². The highest BCUT2D eigenvalue weighted by molar-refractivity contribution is 5.92. The predicted octanol–water partition coefficient (Wildman–Crippen LogP) is 1.20. The summed E-state index contributed by atoms with van der Waals surface area (Å²) in [5.74, 6) is -0.534. The molecule has 27 heavy (non-hydrogen) atoms. The highest BCUT2D eigenvalue weighted by Crippen LogP contribution is 2.29. The number of benzene rings is 1. The molecule has 0 saturated carbocycles. The van der Waals surface area contributed by atoms with Gasteiger partial charge in [0, 0.05) is 6.20 Å². The van der Waals surface area contributed by atoms with Crippen molar-refractivity contribution >= 4 is 17.5 Å². The highest BCUT2D eigenvalue weighted by atomic mass is 16.2. The number of carbonyl (C=O) groups excluding carboxylic acids is 2. The van der Waals surface area contributed by atoms with Gasteiger partial charge in [-0.05, 0) is 49.6 Å². The minimum absolute atomic E-state index is 0.0309. The summed E-state index contributed by atoms with van der Waals surface area (Å²) in [6.07, 6.45) is 4.48. The number of anilines is 1. The van der Waals surface area contributed by atoms with E-state index in [2.05, 4.69) is 22.0 Å². The monoisotopic (exact) mass is 368 g/mol. The van der Waals surface area contributed by atoms with Crippen LogP contribution >= 0.6 is 0 Å². The second kappa shape index (κ2) is 8.64. The van der Waals surface area contributed by atoms with Crippen molar-refractivity contribution in [3.63, 3.8) is 0 Å². The lowest BCUT2D eigenvalue weighted by Crippen LogP contribution is -2.36. The SMILES string of the molecule is CNCC(=O)Nc1cccn(CC(=O)NC2CCCc3ccccc32)c1=O. The molecule has 1 unspecified atom stereocenters. The lowest BCUT2D eigenvalue weighted by molar-refractivity contribution is -0.122. The van der Waals surface area contributed by atoms with Crippen LogP contribution in [-0.4, -0.2) is 30.0 Å². The fourth-order valence-corrected chi connectivity index (χ4v) is 3.41. The summed E-state index contributed by atoms with van der Waals surface area (Å²) in [5, 5.41) is 8.31. The predicted molar refractivity (Wildman–Crippen MR) is 104 cm³/mol. The quantitative estimate of drug-likeness (QED) is 0.714. The van der Waals surface area contributed by atoms with Gasteiger partial charge < -0.3 is 20.5 Å². The zero-order valence-corrected chi connectivity index (χ0v) is 15.3. The van der Waals surface area contributed by atoms with Gasteiger partial charge >= 0.3 is 0 Å². The van der Waals surface area contributed by atoms with Gasteiger partial charge in [0.2, 0.25) is 11.8 Å². The maximum atomic E-state index is 12.5. The molecule has 1 aliphatic rings. The molecule has 0 spiro atoms. The van der Waals surface area contributed by atoms with Crippen molar-refractivity contribution in [1.82, 2.24) is 15.2 Å². The molecule has 1 aromatic carbocycles. The molecule has 0 saturated heterocycles. The summed E-state index contributed by atoms with van der Waals surface area (Å²) in [6.45, 7) is 0.0170. The van der Waals surface area contributed by atoms with Gasteiger partial charge in [-0.3, -0.25) is 14.4 Å². The number of hydrogen-bond acceptors (Lipinski definition) is 4. The van der Waals surface area contributed by atoms with E-state index in [4.69, 9.17) is 0 Å². The van der Waals surface area contributed by atoms with Crippen LogP contribution in [0.2, 0.25) is 0 Å². The molecule has 0 bridgehead atoms. The van der Waals surface area contributed by atoms with Crippen molar-refractivity contribution in [2.45, 2.75) is 31.8 Å². The minimum atomic E-state index is -0.402. The molecule has 7 nitrogen and oxygen atoms in total. The first kappa shape index (κ1) is 18.8. The lowest BCUT2D eigenvalue weighted by atomic mass is 9.88. The van der Waals surface area contributed by atoms with Crippen molar-refractivity contribution in [3.8, 4) is 0 Å². The maximum absolute atomic E-state index is 12.5. The zero-order valence-electron chi connectivity index (χ0n) is 15.3. The van der Waals surface area contributed by atoms with Gasteiger partial charge in [0.15, 0.2) is 0 Å². The molecule has 142 valence electrons. The Labute approximate surface area is 157 Å². The number of nitrogens with zero attached hydrogens (tertiary/aromatic N) is 1. The summed E-state index contributed by atoms with van der Waals surface area (Å²) in [6, 6.07) is 11.3. The van der Waals surface area contributed by atoms with Crippen LogP contribution in [0.3, 0.4) is 0 Å². The van der Waals surface area contributed by atoms with Gasteiger partial charge in [0.05, 0.1) is 12.6 Å². The fraction of sp³-hybridized carbons (Fsp3) is 0.350. The maximum Gasteiger partial charge on any atom is 0.274 e. The molecular weight excluding hydrogens is 344 g/mol. The van der Waals surface area contributed by atoms with E-state index in [0.29, 0.717) is 0 Å². The smallest absolute Gasteiger partial charge is 0.274 e. The van der Waals surface area contributed by atoms with E-state index in [1.807, 2.05) is 18.2 Å². The molecule has 1 heterocycles. The largest absolute Gasteiger partial charge is 0.348 e. The molecule has 2 amide bonds. The summed E-state index contributed by atoms with van der Waals surface area (Å²) >= 11 is 0. The Morgan fingerprint density at radius 1 is 1.15 bits per heavy atom. The molecule has 1 aliphatic carbocycles. The number of rotatable bonds is 6. The van der Waals surface area contributed by atoms with Crippen molar-refractivity contribution in [3.05, 3.63) is 64.1 Å². The zero-order chi connectivity index (χ0) is 19.2. The normalized spacial score (nSPS) is 15.7. The third kappa shape index (κ3) is 4.62. The first-order chi connectivity index (χ1) is 13.1. The van der Waals surface area contributed by atoms with Crippen molar-refractivity contribution in [1.29, 1.82) is 0 Å². The number of aromatic nitrogens is 1. The fourth-order valence-electron chi connectivity index (χ4n) is 3.41. The van der Waals surface area contributed by atoms with Crippen molar-refractivity contribution in [2.24, 2.45) is 0 Å². The van der Waals surface area contributed by atoms with Gasteiger partial charge in [-0.15, -0.1) is 0 Å². The van der Waals surface area contributed by atoms with E-state index in [1.54, 1.807) is 19.3 Å². The molecular formula is C20H24N4O3. The molecule has 3 N–H and O–H groups in total. The topological polar surface area (TPSA) is 92.2 Å². The van der Waals surface area contributed by atoms with Crippen LogP contribution in [0.5, 0.6) is 0 Å². The molecule has 0 aliphatic heterocycles. The third-order valence-corrected chi connectivity index (χ3v) is 4.65. The molecule has 0 radical (unpaired) electrons. The number of pyridine rings is 1. The van der Waals surface area contributed by atoms with Gasteiger partial charge in [-0.25, -0.2) is 0 Å². The van der Waals surface area contributed by atoms with Crippen molar-refractivity contribution < 1.29 is 9.59 Å². The highest BCUT2D eigenvalue weighted by Gasteiger charge is 2.21. The van der Waals surface area contributed by atoms with Crippen LogP contribution in [0.1, 0.15) is 30.0 Å². The summed E-state index contributed by atoms with van der Waals surface area (Å²) < 4.78 is 1.30. The van der Waals surface area contributed by atoms with E-state index in [1.165, 1.54) is 16.2 Å². The van der Waals surface area contributed by atoms with Crippen LogP contribution in [0.4, 0.5) is 5.69 Å². The number of amides is 2. The Kier molecular flexibility index (Phi) is 6.03. The average molecular weight is 368 g/mol. The van der Waals surface area contributed by atoms with E-state index < -0.39 is 5.56 Å². The molecule has 7 heteroatoms. The standard InChI is InChI=1S/C20H24N4O3/c1-21-12-18(25)23-17-10-5-11-24(20(17)27)13-19(26)22-16-9-4-7-14-6-2-3-8-15(14)16/h2-3,5-6,8,10-11,16,21H,4,7,9,12-13H2,1H3,(H,22,26)(H,23,25). The Morgan fingerprint density at radius 3 is 2.78 bits per heavy atom. The molecule has 3 rings (SSSR count). The Morgan fingerprint density at radius 2 is 1.96 bits per heavy atom. The molecule has 2 aromatic rings. The summed E-state index contributed by atoms with van der Waals surface area (Å²) in [7, 11) is 1.65. The second-order valence-corrected chi connectivity index (χ2v) is 6.64. The Hall–Kier alpha value is -2.93. The van der Waals surface area contributed by atoms with Gasteiger partial charge in [0.25, 0.3) is 5.56 Å². The Balaban J connectivity index is 1.68. The third-order valence-electron chi connectivity index (χ3n) is 4.65. The van der Waals surface area contributed by atoms with Gasteiger partial charge in [-0.2, -0.15) is 0 Å².